The molecule has 5 nitrogen and oxygen atoms in total. The van der Waals surface area contributed by atoms with Gasteiger partial charge in [0.2, 0.25) is 0 Å². The summed E-state index contributed by atoms with van der Waals surface area (Å²) in [6.45, 7) is 7.11. The predicted octanol–water partition coefficient (Wildman–Crippen LogP) is 4.78. The first-order valence-corrected chi connectivity index (χ1v) is 8.70. The molecule has 2 aromatic rings. The third-order valence-corrected chi connectivity index (χ3v) is 4.49. The summed E-state index contributed by atoms with van der Waals surface area (Å²) in [6, 6.07) is 5.30. The third kappa shape index (κ3) is 4.65. The Kier molecular flexibility index (Phi) is 6.52. The Balaban J connectivity index is 2.10. The van der Waals surface area contributed by atoms with Gasteiger partial charge in [-0.3, -0.25) is 4.68 Å². The molecule has 1 heterocycles. The number of hydrogen-bond donors (Lipinski definition) is 2. The summed E-state index contributed by atoms with van der Waals surface area (Å²) in [5.41, 5.74) is 3.40. The Bertz CT molecular complexity index is 728. The zero-order valence-electron chi connectivity index (χ0n) is 14.1. The summed E-state index contributed by atoms with van der Waals surface area (Å²) in [6.07, 6.45) is 2.00. The van der Waals surface area contributed by atoms with Gasteiger partial charge in [0.1, 0.15) is 0 Å². The van der Waals surface area contributed by atoms with Crippen LogP contribution in [0.15, 0.2) is 18.2 Å². The number of carbonyl (C=O) groups is 1. The molecular formula is C17H22Cl2N4O. The van der Waals surface area contributed by atoms with Crippen LogP contribution in [0.3, 0.4) is 0 Å². The summed E-state index contributed by atoms with van der Waals surface area (Å²) in [5, 5.41) is 11.3. The van der Waals surface area contributed by atoms with Gasteiger partial charge in [-0.05, 0) is 38.0 Å². The minimum absolute atomic E-state index is 0.205. The Morgan fingerprint density at radius 3 is 2.67 bits per heavy atom. The van der Waals surface area contributed by atoms with Crippen molar-refractivity contribution in [3.05, 3.63) is 45.2 Å². The van der Waals surface area contributed by atoms with Gasteiger partial charge in [-0.2, -0.15) is 5.10 Å². The monoisotopic (exact) mass is 368 g/mol. The van der Waals surface area contributed by atoms with Gasteiger partial charge in [0.15, 0.2) is 0 Å². The molecule has 0 bridgehead atoms. The molecule has 0 aliphatic heterocycles. The van der Waals surface area contributed by atoms with Crippen LogP contribution in [0.4, 0.5) is 10.5 Å². The van der Waals surface area contributed by atoms with Crippen LogP contribution in [0.2, 0.25) is 10.0 Å². The first kappa shape index (κ1) is 18.6. The highest BCUT2D eigenvalue weighted by Gasteiger charge is 2.14. The molecule has 0 unspecified atom stereocenters. The van der Waals surface area contributed by atoms with Gasteiger partial charge in [0, 0.05) is 6.54 Å². The standard InChI is InChI=1S/C17H22Cl2N4O/c1-4-5-8-20-17(24)21-16-11(2)22-23(12(16)3)10-13-6-7-14(18)15(19)9-13/h6-7,9H,4-5,8,10H2,1-3H3,(H2,20,21,24). The molecule has 0 fully saturated rings. The van der Waals surface area contributed by atoms with Crippen LogP contribution in [0, 0.1) is 13.8 Å². The second-order valence-electron chi connectivity index (χ2n) is 5.69. The maximum Gasteiger partial charge on any atom is 0.319 e. The van der Waals surface area contributed by atoms with Gasteiger partial charge >= 0.3 is 6.03 Å². The highest BCUT2D eigenvalue weighted by Crippen LogP contribution is 2.24. The molecule has 24 heavy (non-hydrogen) atoms. The van der Waals surface area contributed by atoms with Crippen molar-refractivity contribution in [3.63, 3.8) is 0 Å². The van der Waals surface area contributed by atoms with E-state index in [-0.39, 0.29) is 6.03 Å². The van der Waals surface area contributed by atoms with E-state index < -0.39 is 0 Å². The van der Waals surface area contributed by atoms with Crippen LogP contribution >= 0.6 is 23.2 Å². The predicted molar refractivity (Wildman–Crippen MR) is 99.2 cm³/mol. The summed E-state index contributed by atoms with van der Waals surface area (Å²) in [7, 11) is 0. The second kappa shape index (κ2) is 8.40. The van der Waals surface area contributed by atoms with Crippen molar-refractivity contribution >= 4 is 34.9 Å². The number of aromatic nitrogens is 2. The van der Waals surface area contributed by atoms with Crippen molar-refractivity contribution in [2.45, 2.75) is 40.2 Å². The van der Waals surface area contributed by atoms with E-state index in [1.165, 1.54) is 0 Å². The van der Waals surface area contributed by atoms with Gasteiger partial charge in [0.25, 0.3) is 0 Å². The van der Waals surface area contributed by atoms with Crippen molar-refractivity contribution in [1.29, 1.82) is 0 Å². The van der Waals surface area contributed by atoms with Crippen LogP contribution < -0.4 is 10.6 Å². The molecule has 2 N–H and O–H groups in total. The molecule has 0 spiro atoms. The Morgan fingerprint density at radius 1 is 1.25 bits per heavy atom. The lowest BCUT2D eigenvalue weighted by molar-refractivity contribution is 0.252. The van der Waals surface area contributed by atoms with Crippen molar-refractivity contribution in [3.8, 4) is 0 Å². The molecule has 0 saturated carbocycles. The molecule has 0 radical (unpaired) electrons. The topological polar surface area (TPSA) is 59.0 Å². The average molecular weight is 369 g/mol. The van der Waals surface area contributed by atoms with E-state index in [1.54, 1.807) is 6.07 Å². The van der Waals surface area contributed by atoms with E-state index in [4.69, 9.17) is 23.2 Å². The number of halogens is 2. The maximum absolute atomic E-state index is 12.0. The average Bonchev–Trinajstić information content (AvgIpc) is 2.79. The molecule has 0 saturated heterocycles. The van der Waals surface area contributed by atoms with Crippen molar-refractivity contribution in [1.82, 2.24) is 15.1 Å². The molecule has 7 heteroatoms. The lowest BCUT2D eigenvalue weighted by Gasteiger charge is -2.09. The maximum atomic E-state index is 12.0. The fraction of sp³-hybridized carbons (Fsp3) is 0.412. The fourth-order valence-electron chi connectivity index (χ4n) is 2.38. The zero-order chi connectivity index (χ0) is 17.7. The quantitative estimate of drug-likeness (QED) is 0.720. The van der Waals surface area contributed by atoms with Gasteiger partial charge < -0.3 is 10.6 Å². The van der Waals surface area contributed by atoms with E-state index >= 15 is 0 Å². The molecule has 1 aromatic carbocycles. The lowest BCUT2D eigenvalue weighted by Crippen LogP contribution is -2.29. The number of anilines is 1. The Labute approximate surface area is 152 Å². The van der Waals surface area contributed by atoms with E-state index in [9.17, 15) is 4.79 Å². The number of carbonyl (C=O) groups excluding carboxylic acids is 1. The molecule has 0 aliphatic carbocycles. The van der Waals surface area contributed by atoms with Crippen LogP contribution in [0.5, 0.6) is 0 Å². The highest BCUT2D eigenvalue weighted by molar-refractivity contribution is 6.42. The van der Waals surface area contributed by atoms with Crippen LogP contribution in [0.1, 0.15) is 36.7 Å². The number of aryl methyl sites for hydroxylation is 1. The summed E-state index contributed by atoms with van der Waals surface area (Å²) >= 11 is 12.0. The van der Waals surface area contributed by atoms with Gasteiger partial charge in [-0.25, -0.2) is 4.79 Å². The van der Waals surface area contributed by atoms with Crippen molar-refractivity contribution in [2.24, 2.45) is 0 Å². The summed E-state index contributed by atoms with van der Waals surface area (Å²) < 4.78 is 1.84. The van der Waals surface area contributed by atoms with Crippen molar-refractivity contribution < 1.29 is 4.79 Å². The molecule has 2 amide bonds. The molecule has 1 aromatic heterocycles. The zero-order valence-corrected chi connectivity index (χ0v) is 15.6. The first-order valence-electron chi connectivity index (χ1n) is 7.95. The number of unbranched alkanes of at least 4 members (excludes halogenated alkanes) is 1. The van der Waals surface area contributed by atoms with E-state index in [0.29, 0.717) is 23.1 Å². The minimum atomic E-state index is -0.205. The molecular weight excluding hydrogens is 347 g/mol. The minimum Gasteiger partial charge on any atom is -0.338 e. The van der Waals surface area contributed by atoms with Gasteiger partial charge in [-0.1, -0.05) is 42.6 Å². The lowest BCUT2D eigenvalue weighted by atomic mass is 10.2. The number of nitrogens with one attached hydrogen (secondary N) is 2. The van der Waals surface area contributed by atoms with E-state index in [2.05, 4.69) is 22.7 Å². The smallest absolute Gasteiger partial charge is 0.319 e. The molecule has 0 aliphatic rings. The van der Waals surface area contributed by atoms with Gasteiger partial charge in [0.05, 0.1) is 33.7 Å². The number of benzene rings is 1. The molecule has 0 atom stereocenters. The first-order chi connectivity index (χ1) is 11.4. The number of amides is 2. The number of nitrogens with zero attached hydrogens (tertiary/aromatic N) is 2. The van der Waals surface area contributed by atoms with E-state index in [1.807, 2.05) is 30.7 Å². The van der Waals surface area contributed by atoms with Crippen molar-refractivity contribution in [2.75, 3.05) is 11.9 Å². The fourth-order valence-corrected chi connectivity index (χ4v) is 2.70. The Hall–Kier alpha value is -1.72. The summed E-state index contributed by atoms with van der Waals surface area (Å²) in [4.78, 5) is 12.0. The van der Waals surface area contributed by atoms with E-state index in [0.717, 1.165) is 35.5 Å². The van der Waals surface area contributed by atoms with Crippen LogP contribution in [-0.4, -0.2) is 22.4 Å². The molecule has 2 rings (SSSR count). The third-order valence-electron chi connectivity index (χ3n) is 3.75. The Morgan fingerprint density at radius 2 is 2.00 bits per heavy atom. The SMILES string of the molecule is CCCCNC(=O)Nc1c(C)nn(Cc2ccc(Cl)c(Cl)c2)c1C. The largest absolute Gasteiger partial charge is 0.338 e. The number of urea groups is 1. The highest BCUT2D eigenvalue weighted by atomic mass is 35.5. The molecule has 130 valence electrons. The second-order valence-corrected chi connectivity index (χ2v) is 6.50. The number of rotatable bonds is 6. The number of hydrogen-bond acceptors (Lipinski definition) is 2. The summed E-state index contributed by atoms with van der Waals surface area (Å²) in [5.74, 6) is 0. The van der Waals surface area contributed by atoms with Crippen LogP contribution in [0.25, 0.3) is 0 Å². The van der Waals surface area contributed by atoms with Gasteiger partial charge in [-0.15, -0.1) is 0 Å². The van der Waals surface area contributed by atoms with Crippen LogP contribution in [-0.2, 0) is 6.54 Å². The normalized spacial score (nSPS) is 10.7.